The molecule has 0 radical (unpaired) electrons. The average molecular weight is 377 g/mol. The van der Waals surface area contributed by atoms with Gasteiger partial charge in [0.25, 0.3) is 10.0 Å². The quantitative estimate of drug-likeness (QED) is 0.762. The largest absolute Gasteiger partial charge is 0.316 e. The van der Waals surface area contributed by atoms with Gasteiger partial charge in [-0.05, 0) is 61.2 Å². The fraction of sp³-hybridized carbons (Fsp3) is 0.278. The molecule has 1 unspecified atom stereocenters. The van der Waals surface area contributed by atoms with E-state index >= 15 is 0 Å². The number of pyridine rings is 1. The van der Waals surface area contributed by atoms with E-state index in [2.05, 4.69) is 10.3 Å². The summed E-state index contributed by atoms with van der Waals surface area (Å²) in [5.41, 5.74) is 1.18. The third kappa shape index (κ3) is 2.79. The van der Waals surface area contributed by atoms with Crippen LogP contribution in [0.25, 0.3) is 11.0 Å². The highest BCUT2D eigenvalue weighted by Gasteiger charge is 2.26. The maximum absolute atomic E-state index is 13.6. The molecule has 1 aromatic carbocycles. The molecule has 1 aliphatic heterocycles. The molecule has 3 heterocycles. The van der Waals surface area contributed by atoms with Crippen molar-refractivity contribution in [2.45, 2.75) is 23.7 Å². The summed E-state index contributed by atoms with van der Waals surface area (Å²) in [6.45, 7) is 1.71. The molecule has 1 aliphatic rings. The lowest BCUT2D eigenvalue weighted by molar-refractivity contribution is 0.463. The number of piperidine rings is 1. The van der Waals surface area contributed by atoms with Crippen LogP contribution in [0.4, 0.5) is 8.78 Å². The van der Waals surface area contributed by atoms with Crippen molar-refractivity contribution < 1.29 is 17.2 Å². The number of aromatic nitrogens is 2. The zero-order valence-corrected chi connectivity index (χ0v) is 14.6. The van der Waals surface area contributed by atoms with E-state index in [9.17, 15) is 17.2 Å². The van der Waals surface area contributed by atoms with Gasteiger partial charge in [-0.1, -0.05) is 0 Å². The highest BCUT2D eigenvalue weighted by Crippen LogP contribution is 2.32. The Balaban J connectivity index is 1.89. The van der Waals surface area contributed by atoms with Gasteiger partial charge in [-0.15, -0.1) is 0 Å². The predicted octanol–water partition coefficient (Wildman–Crippen LogP) is 3.02. The molecule has 26 heavy (non-hydrogen) atoms. The fourth-order valence-corrected chi connectivity index (χ4v) is 4.78. The number of rotatable bonds is 3. The lowest BCUT2D eigenvalue weighted by Gasteiger charge is -2.22. The Morgan fingerprint density at radius 3 is 2.77 bits per heavy atom. The average Bonchev–Trinajstić information content (AvgIpc) is 3.05. The molecule has 0 spiro atoms. The molecule has 1 N–H and O–H groups in total. The van der Waals surface area contributed by atoms with Gasteiger partial charge < -0.3 is 5.32 Å². The summed E-state index contributed by atoms with van der Waals surface area (Å²) in [5.74, 6) is -2.11. The maximum Gasteiger partial charge on any atom is 0.269 e. The van der Waals surface area contributed by atoms with Crippen LogP contribution < -0.4 is 5.32 Å². The van der Waals surface area contributed by atoms with Crippen molar-refractivity contribution in [3.63, 3.8) is 0 Å². The number of halogens is 2. The summed E-state index contributed by atoms with van der Waals surface area (Å²) < 4.78 is 53.9. The number of nitrogens with zero attached hydrogens (tertiary/aromatic N) is 2. The van der Waals surface area contributed by atoms with Crippen molar-refractivity contribution in [1.82, 2.24) is 14.3 Å². The van der Waals surface area contributed by atoms with Crippen LogP contribution in [0, 0.1) is 11.6 Å². The van der Waals surface area contributed by atoms with Crippen molar-refractivity contribution in [3.05, 3.63) is 59.9 Å². The Kier molecular flexibility index (Phi) is 4.24. The van der Waals surface area contributed by atoms with E-state index in [1.165, 1.54) is 6.20 Å². The molecule has 1 fully saturated rings. The smallest absolute Gasteiger partial charge is 0.269 e. The van der Waals surface area contributed by atoms with Gasteiger partial charge in [0, 0.05) is 24.3 Å². The van der Waals surface area contributed by atoms with Crippen molar-refractivity contribution >= 4 is 21.1 Å². The van der Waals surface area contributed by atoms with Gasteiger partial charge in [0.05, 0.1) is 4.90 Å². The fourth-order valence-electron chi connectivity index (χ4n) is 3.43. The Bertz CT molecular complexity index is 1070. The number of nitrogens with one attached hydrogen (secondary N) is 1. The first kappa shape index (κ1) is 17.1. The summed E-state index contributed by atoms with van der Waals surface area (Å²) in [7, 11) is -4.10. The van der Waals surface area contributed by atoms with Gasteiger partial charge in [0.2, 0.25) is 0 Å². The summed E-state index contributed by atoms with van der Waals surface area (Å²) in [6.07, 6.45) is 5.04. The molecular formula is C18H17F2N3O2S. The van der Waals surface area contributed by atoms with Gasteiger partial charge >= 0.3 is 0 Å². The first-order valence-corrected chi connectivity index (χ1v) is 9.80. The minimum Gasteiger partial charge on any atom is -0.316 e. The Hall–Kier alpha value is -2.32. The van der Waals surface area contributed by atoms with Gasteiger partial charge in [0.15, 0.2) is 17.3 Å². The van der Waals surface area contributed by atoms with Crippen molar-refractivity contribution in [3.8, 4) is 0 Å². The predicted molar refractivity (Wildman–Crippen MR) is 93.5 cm³/mol. The SMILES string of the molecule is O=S(=O)(c1ccc(F)c(F)c1)n1cc(C2CCCNC2)c2cccnc21. The Labute approximate surface area is 149 Å². The van der Waals surface area contributed by atoms with Gasteiger partial charge in [-0.25, -0.2) is 26.2 Å². The molecule has 3 aromatic rings. The Morgan fingerprint density at radius 1 is 1.19 bits per heavy atom. The van der Waals surface area contributed by atoms with E-state index in [-0.39, 0.29) is 16.5 Å². The molecular weight excluding hydrogens is 360 g/mol. The van der Waals surface area contributed by atoms with Crippen LogP contribution in [0.2, 0.25) is 0 Å². The lowest BCUT2D eigenvalue weighted by atomic mass is 9.92. The zero-order chi connectivity index (χ0) is 18.3. The summed E-state index contributed by atoms with van der Waals surface area (Å²) in [5, 5.41) is 4.08. The van der Waals surface area contributed by atoms with E-state index in [1.807, 2.05) is 6.07 Å². The van der Waals surface area contributed by atoms with Crippen LogP contribution in [-0.4, -0.2) is 30.5 Å². The normalized spacial score (nSPS) is 18.3. The van der Waals surface area contributed by atoms with Gasteiger partial charge in [-0.2, -0.15) is 0 Å². The van der Waals surface area contributed by atoms with E-state index < -0.39 is 21.7 Å². The monoisotopic (exact) mass is 377 g/mol. The van der Waals surface area contributed by atoms with Crippen molar-refractivity contribution in [2.24, 2.45) is 0 Å². The maximum atomic E-state index is 13.6. The number of hydrogen-bond acceptors (Lipinski definition) is 4. The van der Waals surface area contributed by atoms with Crippen LogP contribution in [0.3, 0.4) is 0 Å². The first-order valence-electron chi connectivity index (χ1n) is 8.36. The van der Waals surface area contributed by atoms with E-state index in [4.69, 9.17) is 0 Å². The van der Waals surface area contributed by atoms with Crippen LogP contribution in [0.15, 0.2) is 47.6 Å². The molecule has 0 saturated carbocycles. The molecule has 0 amide bonds. The summed E-state index contributed by atoms with van der Waals surface area (Å²) in [6, 6.07) is 6.17. The Morgan fingerprint density at radius 2 is 2.04 bits per heavy atom. The van der Waals surface area contributed by atoms with Crippen molar-refractivity contribution in [2.75, 3.05) is 13.1 Å². The van der Waals surface area contributed by atoms with E-state index in [1.54, 1.807) is 12.3 Å². The summed E-state index contributed by atoms with van der Waals surface area (Å²) in [4.78, 5) is 3.91. The standard InChI is InChI=1S/C18H17F2N3O2S/c19-16-6-5-13(9-17(16)20)26(24,25)23-11-15(12-3-1-7-21-10-12)14-4-2-8-22-18(14)23/h2,4-6,8-9,11-12,21H,1,3,7,10H2. The second kappa shape index (κ2) is 6.44. The molecule has 2 aromatic heterocycles. The molecule has 0 aliphatic carbocycles. The van der Waals surface area contributed by atoms with Gasteiger partial charge in [0.1, 0.15) is 0 Å². The number of hydrogen-bond donors (Lipinski definition) is 1. The second-order valence-corrected chi connectivity index (χ2v) is 8.19. The minimum absolute atomic E-state index is 0.178. The van der Waals surface area contributed by atoms with Gasteiger partial charge in [-0.3, -0.25) is 0 Å². The highest BCUT2D eigenvalue weighted by molar-refractivity contribution is 7.90. The molecule has 1 atom stereocenters. The highest BCUT2D eigenvalue weighted by atomic mass is 32.2. The van der Waals surface area contributed by atoms with E-state index in [0.29, 0.717) is 6.07 Å². The molecule has 0 bridgehead atoms. The van der Waals surface area contributed by atoms with Crippen LogP contribution in [0.1, 0.15) is 24.3 Å². The zero-order valence-electron chi connectivity index (χ0n) is 13.8. The number of fused-ring (bicyclic) bond motifs is 1. The van der Waals surface area contributed by atoms with Crippen LogP contribution in [0.5, 0.6) is 0 Å². The summed E-state index contributed by atoms with van der Waals surface area (Å²) >= 11 is 0. The minimum atomic E-state index is -4.10. The van der Waals surface area contributed by atoms with Crippen molar-refractivity contribution in [1.29, 1.82) is 0 Å². The number of benzene rings is 1. The molecule has 5 nitrogen and oxygen atoms in total. The third-order valence-electron chi connectivity index (χ3n) is 4.75. The lowest BCUT2D eigenvalue weighted by Crippen LogP contribution is -2.28. The molecule has 8 heteroatoms. The van der Waals surface area contributed by atoms with Crippen LogP contribution >= 0.6 is 0 Å². The third-order valence-corrected chi connectivity index (χ3v) is 6.39. The van der Waals surface area contributed by atoms with Crippen LogP contribution in [-0.2, 0) is 10.0 Å². The van der Waals surface area contributed by atoms with E-state index in [0.717, 1.165) is 53.0 Å². The molecule has 1 saturated heterocycles. The molecule has 136 valence electrons. The second-order valence-electron chi connectivity index (χ2n) is 6.38. The molecule has 4 rings (SSSR count). The topological polar surface area (TPSA) is 64.0 Å². The first-order chi connectivity index (χ1) is 12.5.